The molecule has 106 valence electrons. The minimum absolute atomic E-state index is 0.704. The Hall–Kier alpha value is -0.0800. The van der Waals surface area contributed by atoms with E-state index >= 15 is 0 Å². The van der Waals surface area contributed by atoms with Crippen LogP contribution in [0, 0.1) is 5.92 Å². The van der Waals surface area contributed by atoms with Gasteiger partial charge in [-0.2, -0.15) is 0 Å². The summed E-state index contributed by atoms with van der Waals surface area (Å²) in [4.78, 5) is 2.72. The van der Waals surface area contributed by atoms with Gasteiger partial charge in [0.2, 0.25) is 0 Å². The summed E-state index contributed by atoms with van der Waals surface area (Å²) in [6, 6.07) is 2.33. The molecule has 2 fully saturated rings. The van der Waals surface area contributed by atoms with Gasteiger partial charge in [0.05, 0.1) is 0 Å². The summed E-state index contributed by atoms with van der Waals surface area (Å²) in [7, 11) is 0. The van der Waals surface area contributed by atoms with Gasteiger partial charge in [-0.15, -0.1) is 0 Å². The monoisotopic (exact) mass is 252 g/mol. The van der Waals surface area contributed by atoms with Crippen molar-refractivity contribution in [3.05, 3.63) is 0 Å². The first-order chi connectivity index (χ1) is 8.66. The highest BCUT2D eigenvalue weighted by atomic mass is 15.2. The molecule has 2 rings (SSSR count). The molecule has 0 aromatic carbocycles. The molecule has 18 heavy (non-hydrogen) atoms. The third kappa shape index (κ3) is 3.96. The largest absolute Gasteiger partial charge is 0.310 e. The van der Waals surface area contributed by atoms with E-state index in [1.54, 1.807) is 0 Å². The van der Waals surface area contributed by atoms with Crippen molar-refractivity contribution in [3.63, 3.8) is 0 Å². The Kier molecular flexibility index (Phi) is 5.50. The van der Waals surface area contributed by atoms with Crippen LogP contribution in [0.3, 0.4) is 0 Å². The number of hydrogen-bond donors (Lipinski definition) is 1. The van der Waals surface area contributed by atoms with Gasteiger partial charge < -0.3 is 5.32 Å². The van der Waals surface area contributed by atoms with E-state index in [2.05, 4.69) is 31.0 Å². The molecule has 0 amide bonds. The molecule has 0 aromatic rings. The maximum Gasteiger partial charge on any atom is 0.0249 e. The van der Waals surface area contributed by atoms with Crippen molar-refractivity contribution in [2.75, 3.05) is 13.1 Å². The van der Waals surface area contributed by atoms with Crippen molar-refractivity contribution < 1.29 is 0 Å². The molecule has 3 atom stereocenters. The first kappa shape index (κ1) is 14.3. The molecule has 0 saturated carbocycles. The standard InChI is InChI=1S/C16H32N2/c1-13(2)7-6-8-14(3)17-15-10-12-18-11-5-4-9-16(15)18/h13-17H,4-12H2,1-3H3. The van der Waals surface area contributed by atoms with Gasteiger partial charge >= 0.3 is 0 Å². The Morgan fingerprint density at radius 3 is 2.67 bits per heavy atom. The quantitative estimate of drug-likeness (QED) is 0.779. The Balaban J connectivity index is 1.69. The summed E-state index contributed by atoms with van der Waals surface area (Å²) in [5.74, 6) is 0.859. The lowest BCUT2D eigenvalue weighted by Crippen LogP contribution is -2.47. The summed E-state index contributed by atoms with van der Waals surface area (Å²) in [6.07, 6.45) is 9.78. The second-order valence-corrected chi connectivity index (χ2v) is 6.89. The SMILES string of the molecule is CC(C)CCCC(C)NC1CCN2CCCCC12. The molecule has 0 aromatic heterocycles. The number of nitrogens with one attached hydrogen (secondary N) is 1. The van der Waals surface area contributed by atoms with Crippen LogP contribution in [0.25, 0.3) is 0 Å². The number of piperidine rings is 1. The van der Waals surface area contributed by atoms with Gasteiger partial charge in [-0.25, -0.2) is 0 Å². The summed E-state index contributed by atoms with van der Waals surface area (Å²) in [5, 5.41) is 3.91. The molecule has 1 N–H and O–H groups in total. The van der Waals surface area contributed by atoms with Crippen molar-refractivity contribution in [1.29, 1.82) is 0 Å². The van der Waals surface area contributed by atoms with E-state index in [1.165, 1.54) is 58.0 Å². The lowest BCUT2D eigenvalue weighted by atomic mass is 9.97. The zero-order chi connectivity index (χ0) is 13.0. The van der Waals surface area contributed by atoms with Crippen LogP contribution in [-0.4, -0.2) is 36.1 Å². The second kappa shape index (κ2) is 6.91. The first-order valence-corrected chi connectivity index (χ1v) is 8.17. The number of rotatable bonds is 6. The molecule has 2 aliphatic heterocycles. The minimum Gasteiger partial charge on any atom is -0.310 e. The van der Waals surface area contributed by atoms with Gasteiger partial charge in [0.25, 0.3) is 0 Å². The van der Waals surface area contributed by atoms with Crippen LogP contribution in [0.5, 0.6) is 0 Å². The Morgan fingerprint density at radius 2 is 1.89 bits per heavy atom. The molecule has 2 heterocycles. The third-order valence-corrected chi connectivity index (χ3v) is 4.77. The summed E-state index contributed by atoms with van der Waals surface area (Å²) in [5.41, 5.74) is 0. The molecule has 2 nitrogen and oxygen atoms in total. The average Bonchev–Trinajstić information content (AvgIpc) is 2.72. The highest BCUT2D eigenvalue weighted by Crippen LogP contribution is 2.27. The van der Waals surface area contributed by atoms with Crippen LogP contribution in [0.4, 0.5) is 0 Å². The predicted octanol–water partition coefficient (Wildman–Crippen LogP) is 3.42. The smallest absolute Gasteiger partial charge is 0.0249 e. The summed E-state index contributed by atoms with van der Waals surface area (Å²) < 4.78 is 0. The zero-order valence-electron chi connectivity index (χ0n) is 12.6. The maximum atomic E-state index is 3.91. The predicted molar refractivity (Wildman–Crippen MR) is 78.9 cm³/mol. The second-order valence-electron chi connectivity index (χ2n) is 6.89. The van der Waals surface area contributed by atoms with E-state index in [9.17, 15) is 0 Å². The molecular formula is C16H32N2. The fraction of sp³-hybridized carbons (Fsp3) is 1.00. The highest BCUT2D eigenvalue weighted by Gasteiger charge is 2.35. The van der Waals surface area contributed by atoms with Crippen LogP contribution < -0.4 is 5.32 Å². The van der Waals surface area contributed by atoms with Crippen LogP contribution in [0.15, 0.2) is 0 Å². The number of hydrogen-bond acceptors (Lipinski definition) is 2. The van der Waals surface area contributed by atoms with E-state index in [0.29, 0.717) is 6.04 Å². The molecule has 0 bridgehead atoms. The Bertz CT molecular complexity index is 239. The minimum atomic E-state index is 0.704. The van der Waals surface area contributed by atoms with Gasteiger partial charge in [-0.3, -0.25) is 4.90 Å². The number of fused-ring (bicyclic) bond motifs is 1. The lowest BCUT2D eigenvalue weighted by molar-refractivity contribution is 0.176. The molecule has 0 aliphatic carbocycles. The highest BCUT2D eigenvalue weighted by molar-refractivity contribution is 4.94. The fourth-order valence-corrected chi connectivity index (χ4v) is 3.72. The van der Waals surface area contributed by atoms with Gasteiger partial charge in [0, 0.05) is 24.7 Å². The third-order valence-electron chi connectivity index (χ3n) is 4.77. The lowest BCUT2D eigenvalue weighted by Gasteiger charge is -2.33. The fourth-order valence-electron chi connectivity index (χ4n) is 3.72. The Morgan fingerprint density at radius 1 is 1.06 bits per heavy atom. The van der Waals surface area contributed by atoms with Gasteiger partial charge in [0.1, 0.15) is 0 Å². The molecule has 0 radical (unpaired) electrons. The van der Waals surface area contributed by atoms with Gasteiger partial charge in [-0.1, -0.05) is 33.1 Å². The molecule has 2 heteroatoms. The van der Waals surface area contributed by atoms with Crippen LogP contribution >= 0.6 is 0 Å². The van der Waals surface area contributed by atoms with E-state index in [0.717, 1.165) is 18.0 Å². The topological polar surface area (TPSA) is 15.3 Å². The van der Waals surface area contributed by atoms with E-state index < -0.39 is 0 Å². The van der Waals surface area contributed by atoms with Crippen molar-refractivity contribution in [2.45, 2.75) is 83.8 Å². The maximum absolute atomic E-state index is 3.91. The average molecular weight is 252 g/mol. The molecule has 2 saturated heterocycles. The normalized spacial score (nSPS) is 30.7. The van der Waals surface area contributed by atoms with Crippen molar-refractivity contribution >= 4 is 0 Å². The molecule has 0 spiro atoms. The van der Waals surface area contributed by atoms with Crippen LogP contribution in [0.1, 0.15) is 65.7 Å². The zero-order valence-corrected chi connectivity index (χ0v) is 12.6. The van der Waals surface area contributed by atoms with E-state index in [1.807, 2.05) is 0 Å². The van der Waals surface area contributed by atoms with Gasteiger partial charge in [0.15, 0.2) is 0 Å². The van der Waals surface area contributed by atoms with Crippen LogP contribution in [-0.2, 0) is 0 Å². The molecule has 2 aliphatic rings. The van der Waals surface area contributed by atoms with Gasteiger partial charge in [-0.05, 0) is 45.1 Å². The number of nitrogens with zero attached hydrogens (tertiary/aromatic N) is 1. The summed E-state index contributed by atoms with van der Waals surface area (Å²) in [6.45, 7) is 9.72. The summed E-state index contributed by atoms with van der Waals surface area (Å²) >= 11 is 0. The van der Waals surface area contributed by atoms with Crippen molar-refractivity contribution in [1.82, 2.24) is 10.2 Å². The first-order valence-electron chi connectivity index (χ1n) is 8.17. The van der Waals surface area contributed by atoms with Crippen molar-refractivity contribution in [2.24, 2.45) is 5.92 Å². The Labute approximate surface area is 114 Å². The van der Waals surface area contributed by atoms with E-state index in [-0.39, 0.29) is 0 Å². The molecular weight excluding hydrogens is 220 g/mol. The van der Waals surface area contributed by atoms with Crippen molar-refractivity contribution in [3.8, 4) is 0 Å². The van der Waals surface area contributed by atoms with Crippen LogP contribution in [0.2, 0.25) is 0 Å². The molecule has 3 unspecified atom stereocenters. The van der Waals surface area contributed by atoms with E-state index in [4.69, 9.17) is 0 Å².